The third kappa shape index (κ3) is 7.86. The number of nitrogens with one attached hydrogen (secondary N) is 1. The molecule has 1 fully saturated rings. The van der Waals surface area contributed by atoms with E-state index < -0.39 is 0 Å². The van der Waals surface area contributed by atoms with Gasteiger partial charge in [0.05, 0.1) is 0 Å². The first-order chi connectivity index (χ1) is 16.6. The molecule has 1 aliphatic carbocycles. The van der Waals surface area contributed by atoms with Crippen molar-refractivity contribution in [2.45, 2.75) is 103 Å². The Balaban J connectivity index is 1.49. The summed E-state index contributed by atoms with van der Waals surface area (Å²) in [5, 5.41) is 2.87. The Morgan fingerprint density at radius 2 is 1.59 bits per heavy atom. The van der Waals surface area contributed by atoms with Crippen molar-refractivity contribution in [2.24, 2.45) is 5.92 Å². The molecule has 184 valence electrons. The summed E-state index contributed by atoms with van der Waals surface area (Å²) in [5.74, 6) is 1.51. The van der Waals surface area contributed by atoms with E-state index in [9.17, 15) is 4.79 Å². The molecule has 1 aliphatic rings. The quantitative estimate of drug-likeness (QED) is 0.234. The maximum Gasteiger partial charge on any atom is 0.247 e. The molecule has 0 unspecified atom stereocenters. The first kappa shape index (κ1) is 26.3. The minimum atomic E-state index is -0.170. The lowest BCUT2D eigenvalue weighted by Gasteiger charge is -2.29. The second kappa shape index (κ2) is 14.1. The molecule has 0 aromatic heterocycles. The number of hydrogen-bond acceptors (Lipinski definition) is 1. The molecule has 1 N–H and O–H groups in total. The monoisotopic (exact) mass is 459 g/mol. The fourth-order valence-corrected chi connectivity index (χ4v) is 5.55. The van der Waals surface area contributed by atoms with Crippen molar-refractivity contribution in [1.82, 2.24) is 0 Å². The topological polar surface area (TPSA) is 29.1 Å². The molecule has 1 amide bonds. The second-order valence-corrected chi connectivity index (χ2v) is 10.2. The SMILES string of the molecule is C=CC(=O)Nc1ccc(-c2ccc(C3CCC(CCCCCCCCC)CC3)cc2)c(CC)c1. The number of hydrogen-bond donors (Lipinski definition) is 1. The van der Waals surface area contributed by atoms with Crippen LogP contribution in [0, 0.1) is 5.92 Å². The van der Waals surface area contributed by atoms with Gasteiger partial charge in [-0.1, -0.05) is 102 Å². The van der Waals surface area contributed by atoms with Crippen molar-refractivity contribution in [1.29, 1.82) is 0 Å². The van der Waals surface area contributed by atoms with Crippen LogP contribution in [-0.4, -0.2) is 5.91 Å². The van der Waals surface area contributed by atoms with Gasteiger partial charge < -0.3 is 5.32 Å². The van der Waals surface area contributed by atoms with Crippen LogP contribution >= 0.6 is 0 Å². The van der Waals surface area contributed by atoms with Crippen LogP contribution in [0.25, 0.3) is 11.1 Å². The molecular formula is C32H45NO. The fraction of sp³-hybridized carbons (Fsp3) is 0.531. The van der Waals surface area contributed by atoms with Crippen molar-refractivity contribution >= 4 is 11.6 Å². The Hall–Kier alpha value is -2.35. The highest BCUT2D eigenvalue weighted by Gasteiger charge is 2.22. The van der Waals surface area contributed by atoms with E-state index in [1.807, 2.05) is 6.07 Å². The highest BCUT2D eigenvalue weighted by Crippen LogP contribution is 2.38. The molecule has 2 heteroatoms. The van der Waals surface area contributed by atoms with Gasteiger partial charge in [0.15, 0.2) is 0 Å². The maximum atomic E-state index is 11.6. The Morgan fingerprint density at radius 3 is 2.24 bits per heavy atom. The summed E-state index contributed by atoms with van der Waals surface area (Å²) in [6.45, 7) is 7.99. The summed E-state index contributed by atoms with van der Waals surface area (Å²) < 4.78 is 0. The van der Waals surface area contributed by atoms with E-state index in [1.54, 1.807) is 0 Å². The molecule has 0 atom stereocenters. The molecule has 2 nitrogen and oxygen atoms in total. The Labute approximate surface area is 208 Å². The van der Waals surface area contributed by atoms with Gasteiger partial charge in [0.2, 0.25) is 5.91 Å². The van der Waals surface area contributed by atoms with E-state index >= 15 is 0 Å². The zero-order valence-corrected chi connectivity index (χ0v) is 21.6. The predicted molar refractivity (Wildman–Crippen MR) is 147 cm³/mol. The van der Waals surface area contributed by atoms with E-state index in [4.69, 9.17) is 0 Å². The van der Waals surface area contributed by atoms with E-state index in [0.29, 0.717) is 0 Å². The van der Waals surface area contributed by atoms with Gasteiger partial charge in [-0.05, 0) is 84.4 Å². The molecular weight excluding hydrogens is 414 g/mol. The van der Waals surface area contributed by atoms with Gasteiger partial charge in [-0.15, -0.1) is 0 Å². The third-order valence-corrected chi connectivity index (χ3v) is 7.69. The highest BCUT2D eigenvalue weighted by atomic mass is 16.1. The maximum absolute atomic E-state index is 11.6. The van der Waals surface area contributed by atoms with Gasteiger partial charge in [-0.2, -0.15) is 0 Å². The third-order valence-electron chi connectivity index (χ3n) is 7.69. The standard InChI is InChI=1S/C32H45NO/c1-4-7-8-9-10-11-12-13-25-14-16-27(17-15-25)28-18-20-29(21-19-28)31-23-22-30(24-26(31)5-2)33-32(34)6-3/h6,18-25,27H,3-5,7-17H2,1-2H3,(H,33,34). The normalized spacial score (nSPS) is 17.9. The van der Waals surface area contributed by atoms with E-state index in [0.717, 1.165) is 23.9 Å². The van der Waals surface area contributed by atoms with Crippen LogP contribution in [-0.2, 0) is 11.2 Å². The summed E-state index contributed by atoms with van der Waals surface area (Å²) in [5.41, 5.74) is 6.10. The van der Waals surface area contributed by atoms with Crippen molar-refractivity contribution in [3.8, 4) is 11.1 Å². The summed E-state index contributed by atoms with van der Waals surface area (Å²) in [6, 6.07) is 15.5. The summed E-state index contributed by atoms with van der Waals surface area (Å²) in [4.78, 5) is 11.6. The van der Waals surface area contributed by atoms with Crippen LogP contribution in [0.15, 0.2) is 55.1 Å². The van der Waals surface area contributed by atoms with Gasteiger partial charge in [-0.3, -0.25) is 4.79 Å². The molecule has 0 heterocycles. The molecule has 0 saturated heterocycles. The number of carbonyl (C=O) groups is 1. The molecule has 2 aromatic rings. The van der Waals surface area contributed by atoms with Crippen LogP contribution in [0.5, 0.6) is 0 Å². The molecule has 1 saturated carbocycles. The zero-order valence-electron chi connectivity index (χ0n) is 21.6. The summed E-state index contributed by atoms with van der Waals surface area (Å²) in [6.07, 6.45) is 19.1. The molecule has 0 bridgehead atoms. The van der Waals surface area contributed by atoms with E-state index in [1.165, 1.54) is 105 Å². The van der Waals surface area contributed by atoms with Gasteiger partial charge in [-0.25, -0.2) is 0 Å². The molecule has 0 spiro atoms. The summed E-state index contributed by atoms with van der Waals surface area (Å²) in [7, 11) is 0. The minimum absolute atomic E-state index is 0.170. The van der Waals surface area contributed by atoms with E-state index in [-0.39, 0.29) is 5.91 Å². The first-order valence-electron chi connectivity index (χ1n) is 13.8. The van der Waals surface area contributed by atoms with Crippen molar-refractivity contribution in [2.75, 3.05) is 5.32 Å². The summed E-state index contributed by atoms with van der Waals surface area (Å²) >= 11 is 0. The van der Waals surface area contributed by atoms with Gasteiger partial charge in [0.1, 0.15) is 0 Å². The van der Waals surface area contributed by atoms with Crippen LogP contribution in [0.4, 0.5) is 5.69 Å². The molecule has 0 aliphatic heterocycles. The first-order valence-corrected chi connectivity index (χ1v) is 13.8. The van der Waals surface area contributed by atoms with Crippen LogP contribution < -0.4 is 5.32 Å². The van der Waals surface area contributed by atoms with Crippen molar-refractivity contribution in [3.05, 3.63) is 66.2 Å². The smallest absolute Gasteiger partial charge is 0.247 e. The average molecular weight is 460 g/mol. The van der Waals surface area contributed by atoms with Crippen LogP contribution in [0.2, 0.25) is 0 Å². The lowest BCUT2D eigenvalue weighted by molar-refractivity contribution is -0.111. The Kier molecular flexibility index (Phi) is 10.9. The number of amides is 1. The predicted octanol–water partition coefficient (Wildman–Crippen LogP) is 9.45. The van der Waals surface area contributed by atoms with Gasteiger partial charge in [0.25, 0.3) is 0 Å². The molecule has 34 heavy (non-hydrogen) atoms. The lowest BCUT2D eigenvalue weighted by Crippen LogP contribution is -2.13. The molecule has 2 aromatic carbocycles. The van der Waals surface area contributed by atoms with Crippen molar-refractivity contribution < 1.29 is 4.79 Å². The van der Waals surface area contributed by atoms with Crippen LogP contribution in [0.1, 0.15) is 108 Å². The Morgan fingerprint density at radius 1 is 0.912 bits per heavy atom. The van der Waals surface area contributed by atoms with Gasteiger partial charge in [0, 0.05) is 5.69 Å². The number of carbonyl (C=O) groups excluding carboxylic acids is 1. The minimum Gasteiger partial charge on any atom is -0.323 e. The number of rotatable bonds is 13. The second-order valence-electron chi connectivity index (χ2n) is 10.2. The fourth-order valence-electron chi connectivity index (χ4n) is 5.55. The Bertz CT molecular complexity index is 890. The largest absolute Gasteiger partial charge is 0.323 e. The van der Waals surface area contributed by atoms with Crippen LogP contribution in [0.3, 0.4) is 0 Å². The average Bonchev–Trinajstić information content (AvgIpc) is 2.88. The molecule has 3 rings (SSSR count). The highest BCUT2D eigenvalue weighted by molar-refractivity contribution is 5.99. The number of benzene rings is 2. The van der Waals surface area contributed by atoms with Gasteiger partial charge >= 0.3 is 0 Å². The van der Waals surface area contributed by atoms with E-state index in [2.05, 4.69) is 62.1 Å². The van der Waals surface area contributed by atoms with Crippen molar-refractivity contribution in [3.63, 3.8) is 0 Å². The zero-order chi connectivity index (χ0) is 24.2. The number of anilines is 1. The lowest BCUT2D eigenvalue weighted by atomic mass is 9.77. The number of unbranched alkanes of at least 4 members (excludes halogenated alkanes) is 6. The molecule has 0 radical (unpaired) electrons. The number of aryl methyl sites for hydroxylation is 1.